The highest BCUT2D eigenvalue weighted by Gasteiger charge is 2.27. The van der Waals surface area contributed by atoms with Crippen LogP contribution < -0.4 is 20.1 Å². The van der Waals surface area contributed by atoms with E-state index < -0.39 is 6.10 Å². The molecule has 0 radical (unpaired) electrons. The molecular formula is C16H24N2O4. The fourth-order valence-electron chi connectivity index (χ4n) is 2.58. The molecular weight excluding hydrogens is 284 g/mol. The monoisotopic (exact) mass is 308 g/mol. The molecule has 1 fully saturated rings. The van der Waals surface area contributed by atoms with Gasteiger partial charge < -0.3 is 25.2 Å². The molecule has 0 saturated carbocycles. The van der Waals surface area contributed by atoms with Crippen molar-refractivity contribution >= 4 is 5.91 Å². The molecule has 6 heteroatoms. The number of nitrogens with one attached hydrogen (secondary N) is 2. The largest absolute Gasteiger partial charge is 0.493 e. The van der Waals surface area contributed by atoms with Crippen molar-refractivity contribution in [2.24, 2.45) is 0 Å². The summed E-state index contributed by atoms with van der Waals surface area (Å²) in [6, 6.07) is 5.57. The molecule has 1 heterocycles. The van der Waals surface area contributed by atoms with E-state index in [1.807, 2.05) is 18.2 Å². The molecule has 0 spiro atoms. The quantitative estimate of drug-likeness (QED) is 0.638. The van der Waals surface area contributed by atoms with Crippen LogP contribution >= 0.6 is 0 Å². The van der Waals surface area contributed by atoms with E-state index in [0.29, 0.717) is 31.0 Å². The number of ether oxygens (including phenoxy) is 2. The van der Waals surface area contributed by atoms with Crippen molar-refractivity contribution in [1.29, 1.82) is 0 Å². The predicted molar refractivity (Wildman–Crippen MR) is 83.3 cm³/mol. The van der Waals surface area contributed by atoms with Crippen molar-refractivity contribution in [2.75, 3.05) is 27.3 Å². The summed E-state index contributed by atoms with van der Waals surface area (Å²) in [6.45, 7) is 1.10. The van der Waals surface area contributed by atoms with Crippen molar-refractivity contribution in [2.45, 2.75) is 31.4 Å². The first kappa shape index (κ1) is 16.6. The third-order valence-corrected chi connectivity index (χ3v) is 3.81. The van der Waals surface area contributed by atoms with E-state index in [1.165, 1.54) is 0 Å². The summed E-state index contributed by atoms with van der Waals surface area (Å²) in [4.78, 5) is 11.9. The molecule has 1 aliphatic heterocycles. The lowest BCUT2D eigenvalue weighted by molar-refractivity contribution is -0.122. The lowest BCUT2D eigenvalue weighted by Gasteiger charge is -2.12. The van der Waals surface area contributed by atoms with Gasteiger partial charge in [0, 0.05) is 13.1 Å². The van der Waals surface area contributed by atoms with Crippen LogP contribution in [0.5, 0.6) is 11.5 Å². The van der Waals surface area contributed by atoms with Gasteiger partial charge in [-0.3, -0.25) is 4.79 Å². The molecule has 0 aromatic heterocycles. The summed E-state index contributed by atoms with van der Waals surface area (Å²) in [5, 5.41) is 15.3. The first-order valence-electron chi connectivity index (χ1n) is 7.54. The highest BCUT2D eigenvalue weighted by atomic mass is 16.5. The van der Waals surface area contributed by atoms with Crippen molar-refractivity contribution in [1.82, 2.24) is 10.6 Å². The van der Waals surface area contributed by atoms with E-state index in [-0.39, 0.29) is 11.9 Å². The molecule has 1 aromatic carbocycles. The minimum absolute atomic E-state index is 0.0381. The summed E-state index contributed by atoms with van der Waals surface area (Å²) in [7, 11) is 3.23. The van der Waals surface area contributed by atoms with Gasteiger partial charge in [-0.15, -0.1) is 0 Å². The van der Waals surface area contributed by atoms with Crippen LogP contribution in [0.3, 0.4) is 0 Å². The standard InChI is InChI=1S/C16H24N2O4/c1-21-14-6-5-11(8-15(14)22-2)4-3-7-17-16(20)13-9-12(19)10-18-13/h5-6,8,12-13,18-19H,3-4,7,9-10H2,1-2H3,(H,17,20). The lowest BCUT2D eigenvalue weighted by atomic mass is 10.1. The van der Waals surface area contributed by atoms with Crippen LogP contribution in [0, 0.1) is 0 Å². The molecule has 0 aliphatic carbocycles. The Bertz CT molecular complexity index is 507. The molecule has 22 heavy (non-hydrogen) atoms. The average molecular weight is 308 g/mol. The van der Waals surface area contributed by atoms with Crippen LogP contribution in [-0.4, -0.2) is 50.5 Å². The second-order valence-corrected chi connectivity index (χ2v) is 5.43. The molecule has 1 aromatic rings. The van der Waals surface area contributed by atoms with Gasteiger partial charge in [-0.2, -0.15) is 0 Å². The van der Waals surface area contributed by atoms with Crippen LogP contribution in [-0.2, 0) is 11.2 Å². The number of hydrogen-bond donors (Lipinski definition) is 3. The van der Waals surface area contributed by atoms with Gasteiger partial charge in [0.15, 0.2) is 11.5 Å². The van der Waals surface area contributed by atoms with Gasteiger partial charge in [-0.25, -0.2) is 0 Å². The molecule has 1 aliphatic rings. The first-order chi connectivity index (χ1) is 10.6. The van der Waals surface area contributed by atoms with E-state index in [2.05, 4.69) is 10.6 Å². The Morgan fingerprint density at radius 3 is 2.77 bits per heavy atom. The van der Waals surface area contributed by atoms with E-state index in [0.717, 1.165) is 18.4 Å². The van der Waals surface area contributed by atoms with Gasteiger partial charge in [0.1, 0.15) is 0 Å². The predicted octanol–water partition coefficient (Wildman–Crippen LogP) is 0.475. The van der Waals surface area contributed by atoms with Crippen LogP contribution in [0.4, 0.5) is 0 Å². The van der Waals surface area contributed by atoms with Crippen LogP contribution in [0.15, 0.2) is 18.2 Å². The number of hydrogen-bond acceptors (Lipinski definition) is 5. The second kappa shape index (κ2) is 8.00. The zero-order chi connectivity index (χ0) is 15.9. The van der Waals surface area contributed by atoms with Crippen LogP contribution in [0.1, 0.15) is 18.4 Å². The van der Waals surface area contributed by atoms with E-state index in [1.54, 1.807) is 14.2 Å². The summed E-state index contributed by atoms with van der Waals surface area (Å²) in [5.74, 6) is 1.39. The maximum Gasteiger partial charge on any atom is 0.237 e. The molecule has 3 N–H and O–H groups in total. The Morgan fingerprint density at radius 2 is 2.14 bits per heavy atom. The first-order valence-corrected chi connectivity index (χ1v) is 7.54. The normalized spacial score (nSPS) is 20.7. The minimum atomic E-state index is -0.414. The van der Waals surface area contributed by atoms with E-state index in [4.69, 9.17) is 9.47 Å². The van der Waals surface area contributed by atoms with Gasteiger partial charge >= 0.3 is 0 Å². The Hall–Kier alpha value is -1.79. The number of methoxy groups -OCH3 is 2. The summed E-state index contributed by atoms with van der Waals surface area (Å²) in [6.07, 6.45) is 1.77. The highest BCUT2D eigenvalue weighted by molar-refractivity contribution is 5.82. The second-order valence-electron chi connectivity index (χ2n) is 5.43. The fourth-order valence-corrected chi connectivity index (χ4v) is 2.58. The molecule has 2 unspecified atom stereocenters. The average Bonchev–Trinajstić information content (AvgIpc) is 2.97. The van der Waals surface area contributed by atoms with Crippen molar-refractivity contribution in [3.8, 4) is 11.5 Å². The zero-order valence-corrected chi connectivity index (χ0v) is 13.1. The number of aryl methyl sites for hydroxylation is 1. The Kier molecular flexibility index (Phi) is 6.03. The maximum atomic E-state index is 11.9. The van der Waals surface area contributed by atoms with E-state index in [9.17, 15) is 9.90 Å². The third-order valence-electron chi connectivity index (χ3n) is 3.81. The third kappa shape index (κ3) is 4.35. The van der Waals surface area contributed by atoms with Crippen LogP contribution in [0.25, 0.3) is 0 Å². The smallest absolute Gasteiger partial charge is 0.237 e. The van der Waals surface area contributed by atoms with Crippen LogP contribution in [0.2, 0.25) is 0 Å². The molecule has 6 nitrogen and oxygen atoms in total. The van der Waals surface area contributed by atoms with E-state index >= 15 is 0 Å². The number of carbonyl (C=O) groups is 1. The fraction of sp³-hybridized carbons (Fsp3) is 0.562. The van der Waals surface area contributed by atoms with Gasteiger partial charge in [0.2, 0.25) is 5.91 Å². The number of aliphatic hydroxyl groups is 1. The topological polar surface area (TPSA) is 79.8 Å². The Labute approximate surface area is 130 Å². The number of benzene rings is 1. The van der Waals surface area contributed by atoms with Gasteiger partial charge in [0.25, 0.3) is 0 Å². The van der Waals surface area contributed by atoms with Crippen molar-refractivity contribution < 1.29 is 19.4 Å². The van der Waals surface area contributed by atoms with Crippen molar-refractivity contribution in [3.63, 3.8) is 0 Å². The SMILES string of the molecule is COc1ccc(CCCNC(=O)C2CC(O)CN2)cc1OC. The molecule has 1 saturated heterocycles. The highest BCUT2D eigenvalue weighted by Crippen LogP contribution is 2.27. The molecule has 0 bridgehead atoms. The molecule has 1 amide bonds. The molecule has 122 valence electrons. The number of amides is 1. The summed E-state index contributed by atoms with van der Waals surface area (Å²) < 4.78 is 10.5. The maximum absolute atomic E-state index is 11.9. The minimum Gasteiger partial charge on any atom is -0.493 e. The van der Waals surface area contributed by atoms with Gasteiger partial charge in [-0.1, -0.05) is 6.07 Å². The summed E-state index contributed by atoms with van der Waals surface area (Å²) >= 11 is 0. The zero-order valence-electron chi connectivity index (χ0n) is 13.1. The number of aliphatic hydroxyl groups excluding tert-OH is 1. The Morgan fingerprint density at radius 1 is 1.36 bits per heavy atom. The lowest BCUT2D eigenvalue weighted by Crippen LogP contribution is -2.40. The van der Waals surface area contributed by atoms with Gasteiger partial charge in [-0.05, 0) is 37.0 Å². The number of β-amino-alcohol motifs (C(OH)–C–C–N with tert-alkyl or cyclic N) is 1. The van der Waals surface area contributed by atoms with Crippen molar-refractivity contribution in [3.05, 3.63) is 23.8 Å². The molecule has 2 rings (SSSR count). The van der Waals surface area contributed by atoms with Gasteiger partial charge in [0.05, 0.1) is 26.4 Å². The number of rotatable bonds is 7. The number of carbonyl (C=O) groups excluding carboxylic acids is 1. The Balaban J connectivity index is 1.73. The summed E-state index contributed by atoms with van der Waals surface area (Å²) in [5.41, 5.74) is 1.14. The molecule has 2 atom stereocenters.